The number of ketones is 1. The van der Waals surface area contributed by atoms with Gasteiger partial charge in [-0.05, 0) is 48.5 Å². The average Bonchev–Trinajstić information content (AvgIpc) is 2.78. The van der Waals surface area contributed by atoms with Crippen LogP contribution >= 0.6 is 0 Å². The van der Waals surface area contributed by atoms with E-state index in [1.165, 1.54) is 6.92 Å². The van der Waals surface area contributed by atoms with Gasteiger partial charge in [0.15, 0.2) is 5.78 Å². The predicted molar refractivity (Wildman–Crippen MR) is 102 cm³/mol. The number of rotatable bonds is 2. The predicted octanol–water partition coefficient (Wildman–Crippen LogP) is 0.581. The van der Waals surface area contributed by atoms with Gasteiger partial charge in [0.25, 0.3) is 0 Å². The van der Waals surface area contributed by atoms with Crippen LogP contribution in [0.25, 0.3) is 0 Å². The normalized spacial score (nSPS) is 54.0. The van der Waals surface area contributed by atoms with Gasteiger partial charge in [-0.25, -0.2) is 0 Å². The van der Waals surface area contributed by atoms with Crippen LogP contribution in [0.3, 0.4) is 0 Å². The number of aliphatic hydroxyl groups excluding tert-OH is 4. The van der Waals surface area contributed by atoms with E-state index in [1.54, 1.807) is 0 Å². The molecule has 10 unspecified atom stereocenters. The molecule has 4 fully saturated rings. The molecule has 10 atom stereocenters. The van der Waals surface area contributed by atoms with E-state index in [-0.39, 0.29) is 36.7 Å². The van der Waals surface area contributed by atoms with Crippen LogP contribution < -0.4 is 0 Å². The molecule has 4 rings (SSSR count). The summed E-state index contributed by atoms with van der Waals surface area (Å²) in [5.41, 5.74) is -2.49. The van der Waals surface area contributed by atoms with Gasteiger partial charge in [-0.15, -0.1) is 0 Å². The monoisotopic (exact) mass is 408 g/mol. The molecule has 0 aromatic rings. The van der Waals surface area contributed by atoms with Crippen molar-refractivity contribution in [3.63, 3.8) is 0 Å². The molecule has 162 valence electrons. The zero-order valence-corrected chi connectivity index (χ0v) is 17.3. The maximum Gasteiger partial charge on any atom is 0.302 e. The highest BCUT2D eigenvalue weighted by atomic mass is 16.5. The van der Waals surface area contributed by atoms with Crippen molar-refractivity contribution in [2.45, 2.75) is 70.9 Å². The molecule has 0 aromatic carbocycles. The molecule has 4 saturated carbocycles. The van der Waals surface area contributed by atoms with Gasteiger partial charge in [0, 0.05) is 18.3 Å². The number of hydrogen-bond acceptors (Lipinski definition) is 7. The van der Waals surface area contributed by atoms with Gasteiger partial charge in [0.2, 0.25) is 0 Å². The van der Waals surface area contributed by atoms with Gasteiger partial charge in [-0.2, -0.15) is 0 Å². The van der Waals surface area contributed by atoms with Gasteiger partial charge < -0.3 is 25.2 Å². The van der Waals surface area contributed by atoms with Crippen molar-refractivity contribution in [1.82, 2.24) is 0 Å². The molecule has 0 radical (unpaired) electrons. The van der Waals surface area contributed by atoms with E-state index in [0.717, 1.165) is 0 Å². The maximum atomic E-state index is 13.3. The van der Waals surface area contributed by atoms with Crippen LogP contribution in [0, 0.1) is 34.0 Å². The molecule has 0 amide bonds. The van der Waals surface area contributed by atoms with Gasteiger partial charge in [0.05, 0.1) is 36.4 Å². The van der Waals surface area contributed by atoms with E-state index < -0.39 is 58.5 Å². The zero-order chi connectivity index (χ0) is 21.5. The topological polar surface area (TPSA) is 124 Å². The van der Waals surface area contributed by atoms with Crippen LogP contribution in [0.4, 0.5) is 0 Å². The van der Waals surface area contributed by atoms with Gasteiger partial charge >= 0.3 is 5.97 Å². The Kier molecular flexibility index (Phi) is 4.60. The third-order valence-electron chi connectivity index (χ3n) is 9.09. The quantitative estimate of drug-likeness (QED) is 0.389. The lowest BCUT2D eigenvalue weighted by Crippen LogP contribution is -2.70. The number of fused-ring (bicyclic) bond motifs is 3. The van der Waals surface area contributed by atoms with Crippen molar-refractivity contribution in [2.24, 2.45) is 34.0 Å². The number of ether oxygens (including phenoxy) is 1. The summed E-state index contributed by atoms with van der Waals surface area (Å²) in [7, 11) is 0. The fourth-order valence-electron chi connectivity index (χ4n) is 7.60. The molecule has 7 heteroatoms. The Morgan fingerprint density at radius 2 is 1.79 bits per heavy atom. The number of carbonyl (C=O) groups is 2. The van der Waals surface area contributed by atoms with Gasteiger partial charge in [-0.1, -0.05) is 20.4 Å². The van der Waals surface area contributed by atoms with Crippen molar-refractivity contribution < 1.29 is 34.8 Å². The fourth-order valence-corrected chi connectivity index (χ4v) is 7.60. The van der Waals surface area contributed by atoms with Crippen molar-refractivity contribution in [2.75, 3.05) is 6.61 Å². The van der Waals surface area contributed by atoms with Crippen molar-refractivity contribution in [1.29, 1.82) is 0 Å². The third-order valence-corrected chi connectivity index (χ3v) is 9.09. The Bertz CT molecular complexity index is 764. The van der Waals surface area contributed by atoms with Gasteiger partial charge in [-0.3, -0.25) is 9.59 Å². The van der Waals surface area contributed by atoms with Crippen LogP contribution in [0.5, 0.6) is 0 Å². The van der Waals surface area contributed by atoms with E-state index in [9.17, 15) is 30.0 Å². The molecule has 0 aliphatic heterocycles. The van der Waals surface area contributed by atoms with Crippen LogP contribution in [0.1, 0.15) is 46.5 Å². The number of hydrogen-bond donors (Lipinski definition) is 4. The molecule has 0 saturated heterocycles. The summed E-state index contributed by atoms with van der Waals surface area (Å²) in [6.07, 6.45) is -2.37. The lowest BCUT2D eigenvalue weighted by molar-refractivity contribution is -0.257. The standard InChI is InChI=1S/C22H32O7/c1-10-17-12(24)7-14-20(3)6-5-15(25)21(4,9-29-11(2)23)13(20)8-16(26)22(14,18(10)27)19(17)28/h12-17,19,24-26,28H,1,5-9H2,2-4H3. The Labute approximate surface area is 170 Å². The minimum Gasteiger partial charge on any atom is -0.465 e. The summed E-state index contributed by atoms with van der Waals surface area (Å²) in [6.45, 7) is 9.07. The molecule has 29 heavy (non-hydrogen) atoms. The summed E-state index contributed by atoms with van der Waals surface area (Å²) in [4.78, 5) is 24.8. The highest BCUT2D eigenvalue weighted by molar-refractivity contribution is 6.04. The SMILES string of the molecule is C=C1C(=O)C23C(O)CC4C(C)(COC(C)=O)C(O)CCC4(C)C2CC(O)C1C3O. The maximum absolute atomic E-state index is 13.3. The average molecular weight is 408 g/mol. The first kappa shape index (κ1) is 21.0. The lowest BCUT2D eigenvalue weighted by atomic mass is 9.39. The van der Waals surface area contributed by atoms with Crippen LogP contribution in [0.15, 0.2) is 12.2 Å². The molecule has 2 bridgehead atoms. The minimum atomic E-state index is -1.36. The van der Waals surface area contributed by atoms with Crippen LogP contribution in [-0.2, 0) is 14.3 Å². The minimum absolute atomic E-state index is 0.0184. The van der Waals surface area contributed by atoms with Crippen molar-refractivity contribution >= 4 is 11.8 Å². The first-order valence-corrected chi connectivity index (χ1v) is 10.5. The highest BCUT2D eigenvalue weighted by Gasteiger charge is 2.76. The Balaban J connectivity index is 1.82. The van der Waals surface area contributed by atoms with Crippen LogP contribution in [-0.4, -0.2) is 63.2 Å². The summed E-state index contributed by atoms with van der Waals surface area (Å²) in [5.74, 6) is -2.22. The molecule has 4 aliphatic rings. The zero-order valence-electron chi connectivity index (χ0n) is 17.3. The van der Waals surface area contributed by atoms with E-state index in [1.807, 2.05) is 13.8 Å². The Hall–Kier alpha value is -1.28. The highest BCUT2D eigenvalue weighted by Crippen LogP contribution is 2.71. The second-order valence-electron chi connectivity index (χ2n) is 10.3. The van der Waals surface area contributed by atoms with E-state index in [4.69, 9.17) is 4.74 Å². The first-order valence-electron chi connectivity index (χ1n) is 10.5. The second kappa shape index (κ2) is 6.36. The fraction of sp³-hybridized carbons (Fsp3) is 0.818. The molecular weight excluding hydrogens is 376 g/mol. The first-order chi connectivity index (χ1) is 13.4. The number of aliphatic hydroxyl groups is 4. The Morgan fingerprint density at radius 1 is 1.14 bits per heavy atom. The molecule has 1 spiro atoms. The lowest BCUT2D eigenvalue weighted by Gasteiger charge is -2.66. The Morgan fingerprint density at radius 3 is 2.41 bits per heavy atom. The summed E-state index contributed by atoms with van der Waals surface area (Å²) >= 11 is 0. The van der Waals surface area contributed by atoms with E-state index in [0.29, 0.717) is 12.8 Å². The van der Waals surface area contributed by atoms with Gasteiger partial charge in [0.1, 0.15) is 0 Å². The number of carbonyl (C=O) groups excluding carboxylic acids is 2. The van der Waals surface area contributed by atoms with Crippen molar-refractivity contribution in [3.05, 3.63) is 12.2 Å². The summed E-state index contributed by atoms with van der Waals surface area (Å²) in [6, 6.07) is 0. The van der Waals surface area contributed by atoms with Crippen LogP contribution in [0.2, 0.25) is 0 Å². The molecule has 0 aromatic heterocycles. The molecular formula is C22H32O7. The largest absolute Gasteiger partial charge is 0.465 e. The molecule has 0 heterocycles. The third kappa shape index (κ3) is 2.39. The summed E-state index contributed by atoms with van der Waals surface area (Å²) in [5, 5.41) is 44.0. The summed E-state index contributed by atoms with van der Waals surface area (Å²) < 4.78 is 5.30. The van der Waals surface area contributed by atoms with E-state index in [2.05, 4.69) is 6.58 Å². The second-order valence-corrected chi connectivity index (χ2v) is 10.3. The smallest absolute Gasteiger partial charge is 0.302 e. The van der Waals surface area contributed by atoms with E-state index >= 15 is 0 Å². The number of esters is 1. The molecule has 4 aliphatic carbocycles. The number of Topliss-reactive ketones (excluding diaryl/α,β-unsaturated/α-hetero) is 1. The molecule has 7 nitrogen and oxygen atoms in total. The molecule has 4 N–H and O–H groups in total. The van der Waals surface area contributed by atoms with Crippen molar-refractivity contribution in [3.8, 4) is 0 Å².